The van der Waals surface area contributed by atoms with Gasteiger partial charge in [0.05, 0.1) is 5.92 Å². The number of carbonyl (C=O) groups excluding carboxylic acids is 1. The second-order valence-corrected chi connectivity index (χ2v) is 8.17. The van der Waals surface area contributed by atoms with Crippen molar-refractivity contribution in [2.24, 2.45) is 5.92 Å². The number of carbonyl (C=O) groups is 1. The molecular weight excluding hydrogens is 368 g/mol. The monoisotopic (exact) mass is 394 g/mol. The van der Waals surface area contributed by atoms with E-state index in [1.165, 1.54) is 4.31 Å². The van der Waals surface area contributed by atoms with E-state index in [4.69, 9.17) is 4.52 Å². The third-order valence-electron chi connectivity index (χ3n) is 4.40. The number of aryl methyl sites for hydroxylation is 2. The third-order valence-corrected chi connectivity index (χ3v) is 6.51. The van der Waals surface area contributed by atoms with E-state index in [1.54, 1.807) is 13.8 Å². The van der Waals surface area contributed by atoms with Gasteiger partial charge in [-0.05, 0) is 40.7 Å². The second-order valence-electron chi connectivity index (χ2n) is 6.29. The highest BCUT2D eigenvalue weighted by molar-refractivity contribution is 7.89. The Hall–Kier alpha value is -1.16. The van der Waals surface area contributed by atoms with Crippen LogP contribution in [0.3, 0.4) is 0 Å². The number of hydrogen-bond acceptors (Lipinski definition) is 6. The van der Waals surface area contributed by atoms with Crippen molar-refractivity contribution in [2.75, 3.05) is 26.7 Å². The predicted octanol–water partition coefficient (Wildman–Crippen LogP) is 0.838. The SMILES string of the molecule is CNC(C)CNC(=O)C1CCCN(S(=O)(=O)c2c(C)noc2C)C1.Cl. The van der Waals surface area contributed by atoms with Crippen molar-refractivity contribution in [3.8, 4) is 0 Å². The lowest BCUT2D eigenvalue weighted by atomic mass is 9.99. The van der Waals surface area contributed by atoms with Gasteiger partial charge in [0.15, 0.2) is 5.76 Å². The number of piperidine rings is 1. The van der Waals surface area contributed by atoms with Gasteiger partial charge in [-0.3, -0.25) is 4.79 Å². The van der Waals surface area contributed by atoms with Crippen LogP contribution in [0.5, 0.6) is 0 Å². The largest absolute Gasteiger partial charge is 0.360 e. The summed E-state index contributed by atoms with van der Waals surface area (Å²) in [4.78, 5) is 12.4. The van der Waals surface area contributed by atoms with Gasteiger partial charge in [0, 0.05) is 25.7 Å². The number of halogens is 1. The van der Waals surface area contributed by atoms with Crippen LogP contribution in [0.25, 0.3) is 0 Å². The lowest BCUT2D eigenvalue weighted by Gasteiger charge is -2.31. The minimum Gasteiger partial charge on any atom is -0.360 e. The van der Waals surface area contributed by atoms with Gasteiger partial charge in [0.25, 0.3) is 0 Å². The highest BCUT2D eigenvalue weighted by Gasteiger charge is 2.36. The Morgan fingerprint density at radius 3 is 2.68 bits per heavy atom. The zero-order valence-electron chi connectivity index (χ0n) is 15.0. The Morgan fingerprint density at radius 2 is 2.12 bits per heavy atom. The molecule has 10 heteroatoms. The molecule has 25 heavy (non-hydrogen) atoms. The van der Waals surface area contributed by atoms with Crippen LogP contribution in [-0.2, 0) is 14.8 Å². The molecule has 1 aromatic rings. The predicted molar refractivity (Wildman–Crippen MR) is 96.2 cm³/mol. The lowest BCUT2D eigenvalue weighted by molar-refractivity contribution is -0.126. The summed E-state index contributed by atoms with van der Waals surface area (Å²) in [5.41, 5.74) is 0.349. The van der Waals surface area contributed by atoms with Crippen LogP contribution in [0.4, 0.5) is 0 Å². The maximum Gasteiger partial charge on any atom is 0.248 e. The highest BCUT2D eigenvalue weighted by Crippen LogP contribution is 2.27. The molecule has 0 spiro atoms. The number of likely N-dealkylation sites (N-methyl/N-ethyl adjacent to an activating group) is 1. The Balaban J connectivity index is 0.00000312. The molecule has 2 heterocycles. The number of rotatable bonds is 6. The Morgan fingerprint density at radius 1 is 1.44 bits per heavy atom. The minimum absolute atomic E-state index is 0. The van der Waals surface area contributed by atoms with Gasteiger partial charge < -0.3 is 15.2 Å². The summed E-state index contributed by atoms with van der Waals surface area (Å²) >= 11 is 0. The molecule has 1 aromatic heterocycles. The number of amides is 1. The molecule has 0 bridgehead atoms. The van der Waals surface area contributed by atoms with Crippen molar-refractivity contribution in [3.63, 3.8) is 0 Å². The van der Waals surface area contributed by atoms with Gasteiger partial charge in [0.1, 0.15) is 10.6 Å². The van der Waals surface area contributed by atoms with Crippen LogP contribution in [0.15, 0.2) is 9.42 Å². The average Bonchev–Trinajstić information content (AvgIpc) is 2.91. The summed E-state index contributed by atoms with van der Waals surface area (Å²) in [6, 6.07) is 0.166. The Kier molecular flexibility index (Phi) is 7.86. The van der Waals surface area contributed by atoms with Gasteiger partial charge in [-0.15, -0.1) is 12.4 Å². The molecule has 1 fully saturated rings. The molecule has 1 amide bonds. The quantitative estimate of drug-likeness (QED) is 0.740. The Bertz CT molecular complexity index is 672. The third kappa shape index (κ3) is 4.93. The molecule has 2 atom stereocenters. The fourth-order valence-corrected chi connectivity index (χ4v) is 4.66. The van der Waals surface area contributed by atoms with Crippen LogP contribution in [0.1, 0.15) is 31.2 Å². The van der Waals surface area contributed by atoms with Crippen molar-refractivity contribution in [1.82, 2.24) is 20.1 Å². The summed E-state index contributed by atoms with van der Waals surface area (Å²) < 4.78 is 32.1. The smallest absolute Gasteiger partial charge is 0.248 e. The maximum atomic E-state index is 12.9. The fraction of sp³-hybridized carbons (Fsp3) is 0.733. The van der Waals surface area contributed by atoms with Gasteiger partial charge in [0.2, 0.25) is 15.9 Å². The topological polar surface area (TPSA) is 105 Å². The molecule has 1 aliphatic heterocycles. The van der Waals surface area contributed by atoms with Gasteiger partial charge >= 0.3 is 0 Å². The lowest BCUT2D eigenvalue weighted by Crippen LogP contribution is -2.47. The standard InChI is InChI=1S/C15H26N4O4S.ClH/c1-10(16-4)8-17-15(20)13-6-5-7-19(9-13)24(21,22)14-11(2)18-23-12(14)3;/h10,13,16H,5-9H2,1-4H3,(H,17,20);1H. The molecule has 1 saturated heterocycles. The van der Waals surface area contributed by atoms with Gasteiger partial charge in [-0.1, -0.05) is 5.16 Å². The van der Waals surface area contributed by atoms with Crippen molar-refractivity contribution < 1.29 is 17.7 Å². The molecular formula is C15H27ClN4O4S. The van der Waals surface area contributed by atoms with E-state index in [2.05, 4.69) is 15.8 Å². The molecule has 2 unspecified atom stereocenters. The van der Waals surface area contributed by atoms with Gasteiger partial charge in [-0.2, -0.15) is 4.31 Å². The van der Waals surface area contributed by atoms with E-state index < -0.39 is 10.0 Å². The number of sulfonamides is 1. The molecule has 0 radical (unpaired) electrons. The summed E-state index contributed by atoms with van der Waals surface area (Å²) in [6.45, 7) is 6.27. The van der Waals surface area contributed by atoms with E-state index in [0.29, 0.717) is 31.6 Å². The number of hydrogen-bond donors (Lipinski definition) is 2. The van der Waals surface area contributed by atoms with Crippen LogP contribution in [0, 0.1) is 19.8 Å². The number of aromatic nitrogens is 1. The molecule has 2 rings (SSSR count). The van der Waals surface area contributed by atoms with Crippen molar-refractivity contribution in [2.45, 2.75) is 44.6 Å². The molecule has 0 aliphatic carbocycles. The first-order valence-electron chi connectivity index (χ1n) is 8.15. The fourth-order valence-electron chi connectivity index (χ4n) is 2.85. The van der Waals surface area contributed by atoms with Crippen molar-refractivity contribution in [1.29, 1.82) is 0 Å². The van der Waals surface area contributed by atoms with Crippen LogP contribution in [-0.4, -0.2) is 56.5 Å². The maximum absolute atomic E-state index is 12.9. The van der Waals surface area contributed by atoms with Crippen LogP contribution < -0.4 is 10.6 Å². The molecule has 144 valence electrons. The number of nitrogens with one attached hydrogen (secondary N) is 2. The average molecular weight is 395 g/mol. The van der Waals surface area contributed by atoms with E-state index in [-0.39, 0.29) is 47.5 Å². The summed E-state index contributed by atoms with van der Waals surface area (Å²) in [6.07, 6.45) is 1.34. The van der Waals surface area contributed by atoms with E-state index in [1.807, 2.05) is 14.0 Å². The summed E-state index contributed by atoms with van der Waals surface area (Å²) in [7, 11) is -1.87. The van der Waals surface area contributed by atoms with Crippen molar-refractivity contribution >= 4 is 28.3 Å². The van der Waals surface area contributed by atoms with Crippen LogP contribution >= 0.6 is 12.4 Å². The zero-order chi connectivity index (χ0) is 17.9. The van der Waals surface area contributed by atoms with Crippen LogP contribution in [0.2, 0.25) is 0 Å². The second kappa shape index (κ2) is 8.98. The minimum atomic E-state index is -3.70. The van der Waals surface area contributed by atoms with Gasteiger partial charge in [-0.25, -0.2) is 8.42 Å². The normalized spacial score (nSPS) is 19.9. The molecule has 2 N–H and O–H groups in total. The summed E-state index contributed by atoms with van der Waals surface area (Å²) in [5, 5.41) is 9.65. The van der Waals surface area contributed by atoms with Crippen molar-refractivity contribution in [3.05, 3.63) is 11.5 Å². The first-order chi connectivity index (χ1) is 11.3. The highest BCUT2D eigenvalue weighted by atomic mass is 35.5. The van der Waals surface area contributed by atoms with E-state index >= 15 is 0 Å². The summed E-state index contributed by atoms with van der Waals surface area (Å²) in [5.74, 6) is -0.157. The number of nitrogens with zero attached hydrogens (tertiary/aromatic N) is 2. The molecule has 1 aliphatic rings. The first kappa shape index (κ1) is 21.9. The molecule has 0 aromatic carbocycles. The Labute approximate surface area is 155 Å². The molecule has 8 nitrogen and oxygen atoms in total. The van der Waals surface area contributed by atoms with E-state index in [0.717, 1.165) is 0 Å². The molecule has 0 saturated carbocycles. The first-order valence-corrected chi connectivity index (χ1v) is 9.59. The zero-order valence-corrected chi connectivity index (χ0v) is 16.7. The van der Waals surface area contributed by atoms with E-state index in [9.17, 15) is 13.2 Å².